The third-order valence-electron chi connectivity index (χ3n) is 2.56. The summed E-state index contributed by atoms with van der Waals surface area (Å²) in [6.07, 6.45) is 0. The standard InChI is InChI=1S/C11H25NOSi2/c1-10(2)11(9-12,14(3,4)5)13-15(6,7)8/h10H,1-8H3. The van der Waals surface area contributed by atoms with Crippen LogP contribution >= 0.6 is 0 Å². The third kappa shape index (κ3) is 3.44. The summed E-state index contributed by atoms with van der Waals surface area (Å²) in [5, 5.41) is 9.00. The largest absolute Gasteiger partial charge is 0.402 e. The lowest BCUT2D eigenvalue weighted by Crippen LogP contribution is -2.60. The lowest BCUT2D eigenvalue weighted by atomic mass is 10.1. The van der Waals surface area contributed by atoms with Gasteiger partial charge in [-0.15, -0.1) is 0 Å². The van der Waals surface area contributed by atoms with Crippen LogP contribution < -0.4 is 0 Å². The van der Waals surface area contributed by atoms with Gasteiger partial charge in [-0.25, -0.2) is 0 Å². The Balaban J connectivity index is 5.32. The van der Waals surface area contributed by atoms with Crippen LogP contribution in [0.5, 0.6) is 0 Å². The molecular formula is C11H25NOSi2. The average molecular weight is 243 g/mol. The summed E-state index contributed by atoms with van der Waals surface area (Å²) in [7, 11) is -3.33. The van der Waals surface area contributed by atoms with Crippen LogP contribution in [0.1, 0.15) is 13.8 Å². The maximum Gasteiger partial charge on any atom is 0.185 e. The van der Waals surface area contributed by atoms with Crippen molar-refractivity contribution in [3.63, 3.8) is 0 Å². The fraction of sp³-hybridized carbons (Fsp3) is 0.909. The molecule has 0 spiro atoms. The topological polar surface area (TPSA) is 33.0 Å². The number of nitrogens with zero attached hydrogens (tertiary/aromatic N) is 1. The quantitative estimate of drug-likeness (QED) is 0.706. The summed E-state index contributed by atoms with van der Waals surface area (Å²) >= 11 is 0. The molecule has 0 fully saturated rings. The van der Waals surface area contributed by atoms with E-state index in [0.717, 1.165) is 0 Å². The molecule has 0 heterocycles. The van der Waals surface area contributed by atoms with E-state index in [-0.39, 0.29) is 5.92 Å². The maximum atomic E-state index is 9.53. The van der Waals surface area contributed by atoms with Crippen molar-refractivity contribution in [1.82, 2.24) is 0 Å². The predicted octanol–water partition coefficient (Wildman–Crippen LogP) is 3.63. The predicted molar refractivity (Wildman–Crippen MR) is 71.0 cm³/mol. The molecule has 2 nitrogen and oxygen atoms in total. The molecule has 0 aromatic heterocycles. The van der Waals surface area contributed by atoms with Crippen LogP contribution in [0.3, 0.4) is 0 Å². The first-order valence-corrected chi connectivity index (χ1v) is 12.5. The van der Waals surface area contributed by atoms with Crippen molar-refractivity contribution in [2.45, 2.75) is 58.4 Å². The molecule has 88 valence electrons. The molecule has 0 saturated carbocycles. The molecule has 0 aliphatic heterocycles. The molecule has 0 aliphatic rings. The monoisotopic (exact) mass is 243 g/mol. The van der Waals surface area contributed by atoms with Gasteiger partial charge in [-0.3, -0.25) is 0 Å². The summed E-state index contributed by atoms with van der Waals surface area (Å²) in [4.78, 5) is 0. The van der Waals surface area contributed by atoms with E-state index in [1.165, 1.54) is 0 Å². The van der Waals surface area contributed by atoms with E-state index < -0.39 is 21.6 Å². The van der Waals surface area contributed by atoms with Gasteiger partial charge in [-0.05, 0) is 25.6 Å². The minimum absolute atomic E-state index is 0.265. The van der Waals surface area contributed by atoms with Crippen molar-refractivity contribution >= 4 is 16.4 Å². The molecule has 0 N–H and O–H groups in total. The zero-order valence-corrected chi connectivity index (χ0v) is 13.4. The van der Waals surface area contributed by atoms with Crippen LogP contribution in [0.2, 0.25) is 39.3 Å². The van der Waals surface area contributed by atoms with E-state index in [1.807, 2.05) is 0 Å². The van der Waals surface area contributed by atoms with Crippen molar-refractivity contribution < 1.29 is 4.43 Å². The highest BCUT2D eigenvalue weighted by atomic mass is 28.4. The zero-order chi connectivity index (χ0) is 12.5. The third-order valence-corrected chi connectivity index (χ3v) is 6.72. The normalized spacial score (nSPS) is 17.3. The summed E-state index contributed by atoms with van der Waals surface area (Å²) in [6, 6.07) is 2.49. The molecule has 0 aliphatic carbocycles. The molecule has 0 saturated heterocycles. The van der Waals surface area contributed by atoms with E-state index in [4.69, 9.17) is 4.43 Å². The second-order valence-electron chi connectivity index (χ2n) is 6.47. The number of hydrogen-bond acceptors (Lipinski definition) is 2. The Kier molecular flexibility index (Phi) is 4.37. The SMILES string of the molecule is CC(C)C(C#N)(O[Si](C)(C)C)[Si](C)(C)C. The van der Waals surface area contributed by atoms with E-state index >= 15 is 0 Å². The summed E-state index contributed by atoms with van der Waals surface area (Å²) in [6.45, 7) is 17.3. The van der Waals surface area contributed by atoms with Gasteiger partial charge in [0.15, 0.2) is 8.32 Å². The second-order valence-corrected chi connectivity index (χ2v) is 16.1. The molecule has 1 atom stereocenters. The van der Waals surface area contributed by atoms with E-state index in [9.17, 15) is 5.26 Å². The van der Waals surface area contributed by atoms with Crippen molar-refractivity contribution in [3.8, 4) is 6.07 Å². The molecule has 0 aromatic carbocycles. The van der Waals surface area contributed by atoms with E-state index in [2.05, 4.69) is 59.2 Å². The fourth-order valence-electron chi connectivity index (χ4n) is 1.94. The molecule has 1 unspecified atom stereocenters. The molecule has 0 rings (SSSR count). The Morgan fingerprint density at radius 1 is 1.07 bits per heavy atom. The van der Waals surface area contributed by atoms with Crippen molar-refractivity contribution in [3.05, 3.63) is 0 Å². The Morgan fingerprint density at radius 3 is 1.53 bits per heavy atom. The summed E-state index contributed by atoms with van der Waals surface area (Å²) in [5.74, 6) is 0.265. The number of rotatable bonds is 4. The zero-order valence-electron chi connectivity index (χ0n) is 11.4. The lowest BCUT2D eigenvalue weighted by Gasteiger charge is -2.45. The highest BCUT2D eigenvalue weighted by molar-refractivity contribution is 6.81. The first kappa shape index (κ1) is 14.9. The van der Waals surface area contributed by atoms with Crippen LogP contribution in [0.25, 0.3) is 0 Å². The van der Waals surface area contributed by atoms with Gasteiger partial charge in [0.2, 0.25) is 0 Å². The van der Waals surface area contributed by atoms with Gasteiger partial charge in [0.25, 0.3) is 0 Å². The Bertz CT molecular complexity index is 257. The van der Waals surface area contributed by atoms with Gasteiger partial charge in [-0.2, -0.15) is 5.26 Å². The van der Waals surface area contributed by atoms with Crippen molar-refractivity contribution in [1.29, 1.82) is 5.26 Å². The maximum absolute atomic E-state index is 9.53. The molecule has 4 heteroatoms. The van der Waals surface area contributed by atoms with Crippen LogP contribution in [-0.2, 0) is 4.43 Å². The summed E-state index contributed by atoms with van der Waals surface area (Å²) in [5.41, 5.74) is 0. The van der Waals surface area contributed by atoms with Gasteiger partial charge in [0.05, 0.1) is 14.1 Å². The van der Waals surface area contributed by atoms with Gasteiger partial charge < -0.3 is 4.43 Å². The molecule has 0 aromatic rings. The fourth-order valence-corrected chi connectivity index (χ4v) is 7.40. The van der Waals surface area contributed by atoms with E-state index in [1.54, 1.807) is 0 Å². The molecule has 0 bridgehead atoms. The van der Waals surface area contributed by atoms with Crippen LogP contribution in [0, 0.1) is 17.2 Å². The van der Waals surface area contributed by atoms with Crippen LogP contribution in [-0.4, -0.2) is 21.6 Å². The minimum Gasteiger partial charge on any atom is -0.402 e. The van der Waals surface area contributed by atoms with Crippen molar-refractivity contribution in [2.75, 3.05) is 0 Å². The van der Waals surface area contributed by atoms with Gasteiger partial charge in [-0.1, -0.05) is 33.5 Å². The number of hydrogen-bond donors (Lipinski definition) is 0. The first-order chi connectivity index (χ1) is 6.46. The van der Waals surface area contributed by atoms with Gasteiger partial charge >= 0.3 is 0 Å². The van der Waals surface area contributed by atoms with Crippen molar-refractivity contribution in [2.24, 2.45) is 5.92 Å². The lowest BCUT2D eigenvalue weighted by molar-refractivity contribution is 0.142. The highest BCUT2D eigenvalue weighted by Crippen LogP contribution is 2.34. The van der Waals surface area contributed by atoms with Gasteiger partial charge in [0, 0.05) is 0 Å². The van der Waals surface area contributed by atoms with Crippen LogP contribution in [0.4, 0.5) is 0 Å². The second kappa shape index (κ2) is 4.40. The molecule has 0 amide bonds. The smallest absolute Gasteiger partial charge is 0.185 e. The summed E-state index contributed by atoms with van der Waals surface area (Å²) < 4.78 is 6.24. The highest BCUT2D eigenvalue weighted by Gasteiger charge is 2.49. The Labute approximate surface area is 96.8 Å². The van der Waals surface area contributed by atoms with Crippen LogP contribution in [0.15, 0.2) is 0 Å². The molecular weight excluding hydrogens is 218 g/mol. The Morgan fingerprint density at radius 2 is 1.47 bits per heavy atom. The average Bonchev–Trinajstić information content (AvgIpc) is 1.95. The molecule has 15 heavy (non-hydrogen) atoms. The molecule has 0 radical (unpaired) electrons. The first-order valence-electron chi connectivity index (χ1n) is 5.58. The van der Waals surface area contributed by atoms with E-state index in [0.29, 0.717) is 0 Å². The number of nitriles is 1. The minimum atomic E-state index is -1.67. The van der Waals surface area contributed by atoms with Gasteiger partial charge in [0.1, 0.15) is 5.22 Å². The Hall–Kier alpha value is -0.116.